The van der Waals surface area contributed by atoms with Crippen LogP contribution in [-0.4, -0.2) is 28.7 Å². The highest BCUT2D eigenvalue weighted by Crippen LogP contribution is 2.75. The Labute approximate surface area is 201 Å². The van der Waals surface area contributed by atoms with Crippen LogP contribution in [0.15, 0.2) is 11.6 Å². The van der Waals surface area contributed by atoms with Crippen LogP contribution in [-0.2, 0) is 4.79 Å². The van der Waals surface area contributed by atoms with Crippen LogP contribution < -0.4 is 0 Å². The van der Waals surface area contributed by atoms with Gasteiger partial charge in [0.15, 0.2) is 0 Å². The molecule has 3 nitrogen and oxygen atoms in total. The van der Waals surface area contributed by atoms with E-state index in [9.17, 15) is 15.0 Å². The molecule has 4 saturated carbocycles. The van der Waals surface area contributed by atoms with Crippen molar-refractivity contribution in [2.24, 2.45) is 50.2 Å². The second-order valence-electron chi connectivity index (χ2n) is 15.0. The summed E-state index contributed by atoms with van der Waals surface area (Å²) in [5.41, 5.74) is 1.43. The van der Waals surface area contributed by atoms with Gasteiger partial charge in [0.05, 0.1) is 12.7 Å². The highest BCUT2D eigenvalue weighted by Gasteiger charge is 2.69. The van der Waals surface area contributed by atoms with Crippen molar-refractivity contribution in [3.05, 3.63) is 11.6 Å². The Morgan fingerprint density at radius 1 is 0.939 bits per heavy atom. The first kappa shape index (κ1) is 24.0. The summed E-state index contributed by atoms with van der Waals surface area (Å²) in [7, 11) is 0. The van der Waals surface area contributed by atoms with Crippen molar-refractivity contribution >= 4 is 5.78 Å². The average molecular weight is 457 g/mol. The maximum absolute atomic E-state index is 12.9. The maximum Gasteiger partial charge on any atom is 0.138 e. The van der Waals surface area contributed by atoms with Gasteiger partial charge in [-0.25, -0.2) is 0 Å². The summed E-state index contributed by atoms with van der Waals surface area (Å²) in [6, 6.07) is 0. The fourth-order valence-electron chi connectivity index (χ4n) is 10.5. The molecule has 4 fully saturated rings. The largest absolute Gasteiger partial charge is 0.396 e. The molecule has 0 heterocycles. The molecular weight excluding hydrogens is 408 g/mol. The molecule has 0 aromatic heterocycles. The maximum atomic E-state index is 12.9. The van der Waals surface area contributed by atoms with E-state index in [0.717, 1.165) is 51.4 Å². The number of aliphatic hydroxyl groups is 2. The van der Waals surface area contributed by atoms with Crippen LogP contribution in [0.4, 0.5) is 0 Å². The molecule has 0 aliphatic heterocycles. The molecular formula is C30H48O3. The van der Waals surface area contributed by atoms with Crippen LogP contribution in [0.5, 0.6) is 0 Å². The van der Waals surface area contributed by atoms with Gasteiger partial charge in [-0.3, -0.25) is 4.79 Å². The Balaban J connectivity index is 1.62. The molecule has 5 aliphatic rings. The predicted molar refractivity (Wildman–Crippen MR) is 133 cm³/mol. The molecule has 0 saturated heterocycles. The first-order chi connectivity index (χ1) is 15.2. The summed E-state index contributed by atoms with van der Waals surface area (Å²) in [6.45, 7) is 16.7. The third-order valence-electron chi connectivity index (χ3n) is 12.9. The van der Waals surface area contributed by atoms with Gasteiger partial charge in [0.2, 0.25) is 0 Å². The first-order valence-corrected chi connectivity index (χ1v) is 13.7. The third kappa shape index (κ3) is 2.85. The van der Waals surface area contributed by atoms with E-state index < -0.39 is 6.10 Å². The van der Waals surface area contributed by atoms with Gasteiger partial charge in [-0.1, -0.05) is 60.1 Å². The van der Waals surface area contributed by atoms with Crippen molar-refractivity contribution in [1.82, 2.24) is 0 Å². The van der Waals surface area contributed by atoms with Gasteiger partial charge in [0.1, 0.15) is 5.78 Å². The summed E-state index contributed by atoms with van der Waals surface area (Å²) in [5, 5.41) is 22.4. The van der Waals surface area contributed by atoms with Crippen LogP contribution in [0.3, 0.4) is 0 Å². The lowest BCUT2D eigenvalue weighted by molar-refractivity contribution is -0.204. The molecule has 8 atom stereocenters. The minimum atomic E-state index is -0.448. The Morgan fingerprint density at radius 3 is 2.30 bits per heavy atom. The van der Waals surface area contributed by atoms with E-state index in [0.29, 0.717) is 24.0 Å². The molecule has 0 aromatic carbocycles. The minimum absolute atomic E-state index is 0.0499. The SMILES string of the molecule is CC1(C)CCC2(CO)C(O)CC3(C)C(=CCC4C5(C)CCC(=O)C(C)(C)C5CCC43C)C2C1. The number of rotatable bonds is 1. The number of carbonyl (C=O) groups is 1. The van der Waals surface area contributed by atoms with Crippen LogP contribution in [0.25, 0.3) is 0 Å². The molecule has 3 heteroatoms. The van der Waals surface area contributed by atoms with Crippen LogP contribution in [0, 0.1) is 50.2 Å². The number of aliphatic hydroxyl groups excluding tert-OH is 2. The van der Waals surface area contributed by atoms with Crippen LogP contribution >= 0.6 is 0 Å². The third-order valence-corrected chi connectivity index (χ3v) is 12.9. The summed E-state index contributed by atoms with van der Waals surface area (Å²) in [4.78, 5) is 12.9. The second kappa shape index (κ2) is 6.96. The van der Waals surface area contributed by atoms with Gasteiger partial charge < -0.3 is 10.2 Å². The molecule has 0 aromatic rings. The highest BCUT2D eigenvalue weighted by molar-refractivity contribution is 5.85. The van der Waals surface area contributed by atoms with E-state index in [1.54, 1.807) is 5.57 Å². The zero-order chi connectivity index (χ0) is 24.2. The Hall–Kier alpha value is -0.670. The van der Waals surface area contributed by atoms with Gasteiger partial charge >= 0.3 is 0 Å². The lowest BCUT2D eigenvalue weighted by Crippen LogP contribution is -2.66. The number of allylic oxidation sites excluding steroid dienone is 2. The highest BCUT2D eigenvalue weighted by atomic mass is 16.3. The molecule has 8 unspecified atom stereocenters. The molecule has 33 heavy (non-hydrogen) atoms. The fraction of sp³-hybridized carbons (Fsp3) is 0.900. The fourth-order valence-corrected chi connectivity index (χ4v) is 10.5. The summed E-state index contributed by atoms with van der Waals surface area (Å²) in [5.74, 6) is 1.71. The lowest BCUT2D eigenvalue weighted by atomic mass is 9.33. The Kier molecular flexibility index (Phi) is 5.07. The number of ketones is 1. The normalized spacial score (nSPS) is 52.6. The van der Waals surface area contributed by atoms with Gasteiger partial charge in [-0.2, -0.15) is 0 Å². The van der Waals surface area contributed by atoms with Crippen LogP contribution in [0.2, 0.25) is 0 Å². The number of hydrogen-bond donors (Lipinski definition) is 2. The first-order valence-electron chi connectivity index (χ1n) is 13.7. The lowest BCUT2D eigenvalue weighted by Gasteiger charge is -2.71. The van der Waals surface area contributed by atoms with Gasteiger partial charge in [0, 0.05) is 17.3 Å². The van der Waals surface area contributed by atoms with E-state index in [1.165, 1.54) is 0 Å². The van der Waals surface area contributed by atoms with E-state index in [-0.39, 0.29) is 45.0 Å². The average Bonchev–Trinajstić information content (AvgIpc) is 2.71. The monoisotopic (exact) mass is 456 g/mol. The second-order valence-corrected chi connectivity index (χ2v) is 15.0. The number of Topliss-reactive ketones (excluding diaryl/α,β-unsaturated/α-hetero) is 1. The molecule has 5 rings (SSSR count). The van der Waals surface area contributed by atoms with E-state index in [4.69, 9.17) is 0 Å². The van der Waals surface area contributed by atoms with Crippen molar-refractivity contribution in [2.75, 3.05) is 6.61 Å². The van der Waals surface area contributed by atoms with Gasteiger partial charge in [-0.15, -0.1) is 0 Å². The number of carbonyl (C=O) groups excluding carboxylic acids is 1. The van der Waals surface area contributed by atoms with Gasteiger partial charge in [0.25, 0.3) is 0 Å². The van der Waals surface area contributed by atoms with E-state index >= 15 is 0 Å². The van der Waals surface area contributed by atoms with Crippen molar-refractivity contribution < 1.29 is 15.0 Å². The minimum Gasteiger partial charge on any atom is -0.396 e. The summed E-state index contributed by atoms with van der Waals surface area (Å²) < 4.78 is 0. The molecule has 5 aliphatic carbocycles. The predicted octanol–water partition coefficient (Wildman–Crippen LogP) is 6.32. The van der Waals surface area contributed by atoms with E-state index in [1.807, 2.05) is 0 Å². The quantitative estimate of drug-likeness (QED) is 0.454. The summed E-state index contributed by atoms with van der Waals surface area (Å²) in [6.07, 6.45) is 11.0. The smallest absolute Gasteiger partial charge is 0.138 e. The zero-order valence-corrected chi connectivity index (χ0v) is 22.3. The number of fused-ring (bicyclic) bond motifs is 7. The van der Waals surface area contributed by atoms with Crippen LogP contribution in [0.1, 0.15) is 106 Å². The van der Waals surface area contributed by atoms with Crippen molar-refractivity contribution in [2.45, 2.75) is 112 Å². The molecule has 186 valence electrons. The Morgan fingerprint density at radius 2 is 1.64 bits per heavy atom. The van der Waals surface area contributed by atoms with Crippen molar-refractivity contribution in [3.8, 4) is 0 Å². The summed E-state index contributed by atoms with van der Waals surface area (Å²) >= 11 is 0. The van der Waals surface area contributed by atoms with Gasteiger partial charge in [-0.05, 0) is 90.8 Å². The zero-order valence-electron chi connectivity index (χ0n) is 22.3. The molecule has 2 N–H and O–H groups in total. The van der Waals surface area contributed by atoms with Crippen molar-refractivity contribution in [3.63, 3.8) is 0 Å². The molecule has 0 radical (unpaired) electrons. The topological polar surface area (TPSA) is 57.5 Å². The standard InChI is InChI=1S/C30H48O3/c1-25(2)14-15-30(18-31)20(16-25)19-8-9-22-27(5)12-11-23(32)26(3,4)21(27)10-13-28(22,6)29(19,7)17-24(30)33/h8,20-22,24,31,33H,9-18H2,1-7H3. The van der Waals surface area contributed by atoms with E-state index in [2.05, 4.69) is 54.5 Å². The molecule has 0 amide bonds. The Bertz CT molecular complexity index is 885. The molecule has 0 spiro atoms. The number of hydrogen-bond acceptors (Lipinski definition) is 3. The van der Waals surface area contributed by atoms with Crippen molar-refractivity contribution in [1.29, 1.82) is 0 Å². The molecule has 0 bridgehead atoms.